The van der Waals surface area contributed by atoms with Gasteiger partial charge in [0.1, 0.15) is 5.75 Å². The monoisotopic (exact) mass is 280 g/mol. The quantitative estimate of drug-likeness (QED) is 0.728. The van der Waals surface area contributed by atoms with Gasteiger partial charge in [-0.25, -0.2) is 0 Å². The zero-order valence-electron chi connectivity index (χ0n) is 11.3. The van der Waals surface area contributed by atoms with Crippen molar-refractivity contribution in [1.29, 1.82) is 0 Å². The topological polar surface area (TPSA) is 20.2 Å². The smallest absolute Gasteiger partial charge is 0.115 e. The minimum atomic E-state index is 0.279. The first-order valence-electron chi connectivity index (χ1n) is 6.59. The van der Waals surface area contributed by atoms with E-state index in [2.05, 4.69) is 48.7 Å². The van der Waals surface area contributed by atoms with E-state index in [4.69, 9.17) is 0 Å². The summed E-state index contributed by atoms with van der Waals surface area (Å²) in [5, 5.41) is 12.3. The second-order valence-electron chi connectivity index (χ2n) is 4.78. The molecule has 0 radical (unpaired) electrons. The van der Waals surface area contributed by atoms with E-state index in [1.807, 2.05) is 23.9 Å². The molecule has 0 aromatic heterocycles. The van der Waals surface area contributed by atoms with Gasteiger partial charge in [0.05, 0.1) is 5.25 Å². The van der Waals surface area contributed by atoms with E-state index in [9.17, 15) is 5.11 Å². The highest BCUT2D eigenvalue weighted by atomic mass is 32.2. The number of fused-ring (bicyclic) bond motifs is 1. The summed E-state index contributed by atoms with van der Waals surface area (Å²) in [5.74, 6) is 0.312. The summed E-state index contributed by atoms with van der Waals surface area (Å²) in [5.41, 5.74) is 2.54. The molecule has 3 aromatic carbocycles. The van der Waals surface area contributed by atoms with E-state index in [1.54, 1.807) is 12.1 Å². The SMILES string of the molecule is CSC(c1ccc(O)cc1)c1cccc2ccccc12. The Morgan fingerprint density at radius 1 is 0.850 bits per heavy atom. The molecule has 0 bridgehead atoms. The maximum Gasteiger partial charge on any atom is 0.115 e. The molecule has 0 saturated heterocycles. The minimum Gasteiger partial charge on any atom is -0.508 e. The molecule has 1 nitrogen and oxygen atoms in total. The van der Waals surface area contributed by atoms with Crippen LogP contribution < -0.4 is 0 Å². The van der Waals surface area contributed by atoms with Gasteiger partial charge in [-0.1, -0.05) is 54.6 Å². The highest BCUT2D eigenvalue weighted by Crippen LogP contribution is 2.38. The van der Waals surface area contributed by atoms with Crippen molar-refractivity contribution in [3.63, 3.8) is 0 Å². The molecule has 1 unspecified atom stereocenters. The number of hydrogen-bond donors (Lipinski definition) is 1. The first-order valence-corrected chi connectivity index (χ1v) is 7.88. The van der Waals surface area contributed by atoms with Gasteiger partial charge >= 0.3 is 0 Å². The van der Waals surface area contributed by atoms with E-state index < -0.39 is 0 Å². The number of phenols is 1. The molecule has 2 heteroatoms. The third-order valence-corrected chi connectivity index (χ3v) is 4.53. The highest BCUT2D eigenvalue weighted by molar-refractivity contribution is 7.99. The molecule has 0 amide bonds. The number of thioether (sulfide) groups is 1. The zero-order chi connectivity index (χ0) is 13.9. The van der Waals surface area contributed by atoms with Crippen molar-refractivity contribution >= 4 is 22.5 Å². The molecule has 0 spiro atoms. The van der Waals surface area contributed by atoms with Crippen LogP contribution in [-0.2, 0) is 0 Å². The van der Waals surface area contributed by atoms with Crippen LogP contribution in [0.1, 0.15) is 16.4 Å². The zero-order valence-corrected chi connectivity index (χ0v) is 12.1. The first-order chi connectivity index (χ1) is 9.79. The standard InChI is InChI=1S/C18H16OS/c1-20-18(14-9-11-15(19)12-10-14)17-8-4-6-13-5-2-3-7-16(13)17/h2-12,18-19H,1H3. The molecule has 1 atom stereocenters. The van der Waals surface area contributed by atoms with Gasteiger partial charge in [-0.3, -0.25) is 0 Å². The number of phenolic OH excluding ortho intramolecular Hbond substituents is 1. The number of benzene rings is 3. The lowest BCUT2D eigenvalue weighted by atomic mass is 9.98. The van der Waals surface area contributed by atoms with E-state index >= 15 is 0 Å². The fourth-order valence-electron chi connectivity index (χ4n) is 2.57. The van der Waals surface area contributed by atoms with E-state index in [1.165, 1.54) is 21.9 Å². The largest absolute Gasteiger partial charge is 0.508 e. The van der Waals surface area contributed by atoms with Gasteiger partial charge in [-0.15, -0.1) is 0 Å². The Kier molecular flexibility index (Phi) is 3.66. The van der Waals surface area contributed by atoms with E-state index in [-0.39, 0.29) is 5.25 Å². The summed E-state index contributed by atoms with van der Waals surface area (Å²) in [6.07, 6.45) is 2.12. The summed E-state index contributed by atoms with van der Waals surface area (Å²) in [7, 11) is 0. The molecule has 100 valence electrons. The van der Waals surface area contributed by atoms with Crippen molar-refractivity contribution in [2.24, 2.45) is 0 Å². The minimum absolute atomic E-state index is 0.279. The highest BCUT2D eigenvalue weighted by Gasteiger charge is 2.15. The van der Waals surface area contributed by atoms with Crippen LogP contribution in [0, 0.1) is 0 Å². The van der Waals surface area contributed by atoms with Crippen LogP contribution in [0.3, 0.4) is 0 Å². The predicted molar refractivity (Wildman–Crippen MR) is 87.4 cm³/mol. The molecule has 20 heavy (non-hydrogen) atoms. The summed E-state index contributed by atoms with van der Waals surface area (Å²) in [6, 6.07) is 22.4. The lowest BCUT2D eigenvalue weighted by molar-refractivity contribution is 0.475. The first kappa shape index (κ1) is 13.1. The van der Waals surface area contributed by atoms with Gasteiger partial charge in [0.25, 0.3) is 0 Å². The summed E-state index contributed by atoms with van der Waals surface area (Å²) < 4.78 is 0. The molecule has 0 aliphatic carbocycles. The van der Waals surface area contributed by atoms with Crippen molar-refractivity contribution in [1.82, 2.24) is 0 Å². The summed E-state index contributed by atoms with van der Waals surface area (Å²) in [6.45, 7) is 0. The summed E-state index contributed by atoms with van der Waals surface area (Å²) in [4.78, 5) is 0. The van der Waals surface area contributed by atoms with Crippen molar-refractivity contribution in [2.45, 2.75) is 5.25 Å². The van der Waals surface area contributed by atoms with Crippen LogP contribution in [0.5, 0.6) is 5.75 Å². The molecule has 1 N–H and O–H groups in total. The van der Waals surface area contributed by atoms with Gasteiger partial charge in [0.2, 0.25) is 0 Å². The number of hydrogen-bond acceptors (Lipinski definition) is 2. The lowest BCUT2D eigenvalue weighted by Crippen LogP contribution is -1.97. The van der Waals surface area contributed by atoms with Gasteiger partial charge in [-0.05, 0) is 40.3 Å². The Hall–Kier alpha value is -1.93. The Bertz CT molecular complexity index is 714. The second-order valence-corrected chi connectivity index (χ2v) is 5.72. The molecule has 3 rings (SSSR count). The van der Waals surface area contributed by atoms with Gasteiger partial charge in [-0.2, -0.15) is 11.8 Å². The average Bonchev–Trinajstić information content (AvgIpc) is 2.50. The van der Waals surface area contributed by atoms with Gasteiger partial charge in [0, 0.05) is 0 Å². The lowest BCUT2D eigenvalue weighted by Gasteiger charge is -2.18. The van der Waals surface area contributed by atoms with Crippen LogP contribution in [0.25, 0.3) is 10.8 Å². The Labute approximate surface area is 123 Å². The Morgan fingerprint density at radius 3 is 2.30 bits per heavy atom. The van der Waals surface area contributed by atoms with Gasteiger partial charge < -0.3 is 5.11 Å². The van der Waals surface area contributed by atoms with E-state index in [0.29, 0.717) is 5.75 Å². The van der Waals surface area contributed by atoms with Crippen molar-refractivity contribution in [3.8, 4) is 5.75 Å². The third-order valence-electron chi connectivity index (χ3n) is 3.54. The van der Waals surface area contributed by atoms with Crippen molar-refractivity contribution < 1.29 is 5.11 Å². The van der Waals surface area contributed by atoms with Gasteiger partial charge in [0.15, 0.2) is 0 Å². The maximum atomic E-state index is 9.45. The molecule has 0 heterocycles. The fraction of sp³-hybridized carbons (Fsp3) is 0.111. The van der Waals surface area contributed by atoms with Crippen molar-refractivity contribution in [3.05, 3.63) is 77.9 Å². The Balaban J connectivity index is 2.14. The third kappa shape index (κ3) is 2.39. The molecule has 0 aliphatic rings. The predicted octanol–water partition coefficient (Wildman–Crippen LogP) is 5.00. The van der Waals surface area contributed by atoms with Crippen LogP contribution >= 0.6 is 11.8 Å². The fourth-order valence-corrected chi connectivity index (χ4v) is 3.46. The molecule has 0 saturated carbocycles. The molecule has 0 aliphatic heterocycles. The molecular weight excluding hydrogens is 264 g/mol. The average molecular weight is 280 g/mol. The van der Waals surface area contributed by atoms with E-state index in [0.717, 1.165) is 0 Å². The second kappa shape index (κ2) is 5.59. The normalized spacial score (nSPS) is 12.4. The number of rotatable bonds is 3. The summed E-state index contributed by atoms with van der Waals surface area (Å²) >= 11 is 1.82. The maximum absolute atomic E-state index is 9.45. The van der Waals surface area contributed by atoms with Crippen LogP contribution in [0.15, 0.2) is 66.7 Å². The molecule has 0 fully saturated rings. The Morgan fingerprint density at radius 2 is 1.55 bits per heavy atom. The molecular formula is C18H16OS. The van der Waals surface area contributed by atoms with Crippen molar-refractivity contribution in [2.75, 3.05) is 6.26 Å². The van der Waals surface area contributed by atoms with Crippen LogP contribution in [0.4, 0.5) is 0 Å². The molecule has 3 aromatic rings. The van der Waals surface area contributed by atoms with Crippen LogP contribution in [-0.4, -0.2) is 11.4 Å². The van der Waals surface area contributed by atoms with Crippen LogP contribution in [0.2, 0.25) is 0 Å². The number of aromatic hydroxyl groups is 1.